The Kier molecular flexibility index (Phi) is 3.58. The maximum Gasteiger partial charge on any atom is 0.231 e. The zero-order valence-corrected chi connectivity index (χ0v) is 12.1. The fraction of sp³-hybridized carbons (Fsp3) is 0.600. The van der Waals surface area contributed by atoms with E-state index in [9.17, 15) is 0 Å². The number of nitrogens with zero attached hydrogens (tertiary/aromatic N) is 1. The van der Waals surface area contributed by atoms with E-state index in [1.165, 1.54) is 0 Å². The summed E-state index contributed by atoms with van der Waals surface area (Å²) < 4.78 is 16.3. The minimum Gasteiger partial charge on any atom is -0.454 e. The highest BCUT2D eigenvalue weighted by Gasteiger charge is 2.31. The fourth-order valence-corrected chi connectivity index (χ4v) is 2.72. The highest BCUT2D eigenvalue weighted by Crippen LogP contribution is 2.34. The summed E-state index contributed by atoms with van der Waals surface area (Å²) in [4.78, 5) is 2.39. The van der Waals surface area contributed by atoms with E-state index in [0.29, 0.717) is 6.79 Å². The quantitative estimate of drug-likeness (QED) is 0.908. The minimum atomic E-state index is -0.0399. The van der Waals surface area contributed by atoms with Gasteiger partial charge in [0, 0.05) is 24.7 Å². The first-order valence-corrected chi connectivity index (χ1v) is 7.04. The van der Waals surface area contributed by atoms with Gasteiger partial charge in [-0.05, 0) is 31.5 Å². The zero-order valence-electron chi connectivity index (χ0n) is 12.1. The molecule has 3 rings (SSSR count). The van der Waals surface area contributed by atoms with Crippen molar-refractivity contribution in [1.29, 1.82) is 0 Å². The van der Waals surface area contributed by atoms with Gasteiger partial charge in [0.1, 0.15) is 0 Å². The summed E-state index contributed by atoms with van der Waals surface area (Å²) >= 11 is 0. The van der Waals surface area contributed by atoms with Crippen LogP contribution in [0, 0.1) is 0 Å². The molecular formula is C15H22N2O3. The lowest BCUT2D eigenvalue weighted by Gasteiger charge is -2.43. The lowest BCUT2D eigenvalue weighted by atomic mass is 9.99. The number of hydrogen-bond acceptors (Lipinski definition) is 5. The number of morpholine rings is 1. The SMILES string of the molecule is CC1(C)COCCN1CC(N)c1ccc2c(c1)OCO2. The van der Waals surface area contributed by atoms with Gasteiger partial charge in [0.25, 0.3) is 0 Å². The molecule has 20 heavy (non-hydrogen) atoms. The van der Waals surface area contributed by atoms with Crippen LogP contribution < -0.4 is 15.2 Å². The van der Waals surface area contributed by atoms with Gasteiger partial charge in [0.15, 0.2) is 11.5 Å². The van der Waals surface area contributed by atoms with Crippen LogP contribution in [0.25, 0.3) is 0 Å². The van der Waals surface area contributed by atoms with Crippen LogP contribution in [-0.2, 0) is 4.74 Å². The van der Waals surface area contributed by atoms with E-state index in [2.05, 4.69) is 18.7 Å². The van der Waals surface area contributed by atoms with Crippen molar-refractivity contribution in [2.24, 2.45) is 5.73 Å². The molecule has 1 aromatic rings. The fourth-order valence-electron chi connectivity index (χ4n) is 2.72. The molecule has 0 amide bonds. The number of nitrogens with two attached hydrogens (primary N) is 1. The molecular weight excluding hydrogens is 256 g/mol. The zero-order chi connectivity index (χ0) is 14.2. The van der Waals surface area contributed by atoms with E-state index in [1.807, 2.05) is 18.2 Å². The van der Waals surface area contributed by atoms with E-state index in [1.54, 1.807) is 0 Å². The summed E-state index contributed by atoms with van der Waals surface area (Å²) in [6, 6.07) is 5.90. The summed E-state index contributed by atoms with van der Waals surface area (Å²) in [6.07, 6.45) is 0. The third-order valence-corrected chi connectivity index (χ3v) is 4.06. The van der Waals surface area contributed by atoms with Crippen molar-refractivity contribution >= 4 is 0 Å². The molecule has 0 saturated carbocycles. The third kappa shape index (κ3) is 2.61. The monoisotopic (exact) mass is 278 g/mol. The average Bonchev–Trinajstić information content (AvgIpc) is 2.88. The molecule has 0 aliphatic carbocycles. The normalized spacial score (nSPS) is 22.8. The maximum atomic E-state index is 6.36. The first-order chi connectivity index (χ1) is 9.56. The molecule has 5 heteroatoms. The smallest absolute Gasteiger partial charge is 0.231 e. The average molecular weight is 278 g/mol. The van der Waals surface area contributed by atoms with Gasteiger partial charge in [0.2, 0.25) is 6.79 Å². The Morgan fingerprint density at radius 3 is 2.90 bits per heavy atom. The minimum absolute atomic E-state index is 0.0339. The first-order valence-electron chi connectivity index (χ1n) is 7.04. The Balaban J connectivity index is 1.71. The topological polar surface area (TPSA) is 57.0 Å². The van der Waals surface area contributed by atoms with Gasteiger partial charge in [-0.3, -0.25) is 4.90 Å². The molecule has 1 atom stereocenters. The summed E-state index contributed by atoms with van der Waals surface area (Å²) in [5.41, 5.74) is 7.48. The van der Waals surface area contributed by atoms with Gasteiger partial charge < -0.3 is 19.9 Å². The molecule has 1 saturated heterocycles. The van der Waals surface area contributed by atoms with Gasteiger partial charge in [-0.15, -0.1) is 0 Å². The van der Waals surface area contributed by atoms with E-state index in [-0.39, 0.29) is 11.6 Å². The second-order valence-electron chi connectivity index (χ2n) is 6.03. The number of hydrogen-bond donors (Lipinski definition) is 1. The number of fused-ring (bicyclic) bond motifs is 1. The van der Waals surface area contributed by atoms with Gasteiger partial charge in [-0.1, -0.05) is 6.07 Å². The molecule has 0 spiro atoms. The van der Waals surface area contributed by atoms with E-state index in [4.69, 9.17) is 19.9 Å². The lowest BCUT2D eigenvalue weighted by molar-refractivity contribution is -0.0531. The Morgan fingerprint density at radius 1 is 1.30 bits per heavy atom. The van der Waals surface area contributed by atoms with Crippen molar-refractivity contribution in [2.75, 3.05) is 33.1 Å². The van der Waals surface area contributed by atoms with E-state index in [0.717, 1.165) is 43.4 Å². The number of rotatable bonds is 3. The molecule has 0 radical (unpaired) electrons. The van der Waals surface area contributed by atoms with Crippen LogP contribution in [0.1, 0.15) is 25.5 Å². The summed E-state index contributed by atoms with van der Waals surface area (Å²) in [7, 11) is 0. The number of benzene rings is 1. The molecule has 2 N–H and O–H groups in total. The Labute approximate surface area is 119 Å². The van der Waals surface area contributed by atoms with Crippen molar-refractivity contribution in [3.63, 3.8) is 0 Å². The maximum absolute atomic E-state index is 6.36. The lowest BCUT2D eigenvalue weighted by Crippen LogP contribution is -2.54. The van der Waals surface area contributed by atoms with Crippen LogP contribution in [0.5, 0.6) is 11.5 Å². The molecule has 1 unspecified atom stereocenters. The Morgan fingerprint density at radius 2 is 2.10 bits per heavy atom. The van der Waals surface area contributed by atoms with Gasteiger partial charge in [-0.25, -0.2) is 0 Å². The third-order valence-electron chi connectivity index (χ3n) is 4.06. The highest BCUT2D eigenvalue weighted by molar-refractivity contribution is 5.45. The van der Waals surface area contributed by atoms with Crippen LogP contribution in [0.15, 0.2) is 18.2 Å². The van der Waals surface area contributed by atoms with Crippen molar-refractivity contribution in [3.05, 3.63) is 23.8 Å². The van der Waals surface area contributed by atoms with Crippen LogP contribution in [-0.4, -0.2) is 43.5 Å². The standard InChI is InChI=1S/C15H22N2O3/c1-15(2)9-18-6-5-17(15)8-12(16)11-3-4-13-14(7-11)20-10-19-13/h3-4,7,12H,5-6,8-10,16H2,1-2H3. The molecule has 1 aromatic carbocycles. The van der Waals surface area contributed by atoms with Crippen LogP contribution >= 0.6 is 0 Å². The summed E-state index contributed by atoms with van der Waals surface area (Å²) in [5, 5.41) is 0. The van der Waals surface area contributed by atoms with Crippen molar-refractivity contribution in [1.82, 2.24) is 4.90 Å². The van der Waals surface area contributed by atoms with Crippen LogP contribution in [0.2, 0.25) is 0 Å². The summed E-state index contributed by atoms with van der Waals surface area (Å²) in [6.45, 7) is 7.95. The second kappa shape index (κ2) is 5.24. The molecule has 110 valence electrons. The van der Waals surface area contributed by atoms with Gasteiger partial charge >= 0.3 is 0 Å². The predicted molar refractivity (Wildman–Crippen MR) is 76.0 cm³/mol. The van der Waals surface area contributed by atoms with E-state index >= 15 is 0 Å². The van der Waals surface area contributed by atoms with Crippen molar-refractivity contribution in [2.45, 2.75) is 25.4 Å². The molecule has 5 nitrogen and oxygen atoms in total. The Hall–Kier alpha value is -1.30. The molecule has 0 aromatic heterocycles. The summed E-state index contributed by atoms with van der Waals surface area (Å²) in [5.74, 6) is 1.59. The second-order valence-corrected chi connectivity index (χ2v) is 6.03. The molecule has 1 fully saturated rings. The highest BCUT2D eigenvalue weighted by atomic mass is 16.7. The van der Waals surface area contributed by atoms with Crippen LogP contribution in [0.3, 0.4) is 0 Å². The van der Waals surface area contributed by atoms with Gasteiger partial charge in [0.05, 0.1) is 13.2 Å². The molecule has 2 heterocycles. The molecule has 0 bridgehead atoms. The Bertz CT molecular complexity index is 490. The molecule has 2 aliphatic heterocycles. The number of ether oxygens (including phenoxy) is 3. The van der Waals surface area contributed by atoms with E-state index < -0.39 is 0 Å². The first kappa shape index (κ1) is 13.7. The largest absolute Gasteiger partial charge is 0.454 e. The predicted octanol–water partition coefficient (Wildman–Crippen LogP) is 1.53. The van der Waals surface area contributed by atoms with Crippen molar-refractivity contribution in [3.8, 4) is 11.5 Å². The van der Waals surface area contributed by atoms with Crippen LogP contribution in [0.4, 0.5) is 0 Å². The van der Waals surface area contributed by atoms with Gasteiger partial charge in [-0.2, -0.15) is 0 Å². The van der Waals surface area contributed by atoms with Crippen molar-refractivity contribution < 1.29 is 14.2 Å². The molecule has 2 aliphatic rings.